The van der Waals surface area contributed by atoms with Crippen molar-refractivity contribution < 1.29 is 18.7 Å². The van der Waals surface area contributed by atoms with E-state index in [4.69, 9.17) is 13.9 Å². The molecule has 2 aromatic heterocycles. The molecule has 1 saturated heterocycles. The van der Waals surface area contributed by atoms with Gasteiger partial charge in [-0.15, -0.1) is 0 Å². The van der Waals surface area contributed by atoms with Gasteiger partial charge in [-0.05, 0) is 58.1 Å². The molecule has 2 aliphatic rings. The van der Waals surface area contributed by atoms with E-state index in [0.717, 1.165) is 5.57 Å². The van der Waals surface area contributed by atoms with Crippen LogP contribution in [0.1, 0.15) is 37.2 Å². The monoisotopic (exact) mass is 493 g/mol. The predicted octanol–water partition coefficient (Wildman–Crippen LogP) is 4.32. The Morgan fingerprint density at radius 3 is 2.60 bits per heavy atom. The molecule has 1 aliphatic heterocycles. The van der Waals surface area contributed by atoms with E-state index in [0.29, 0.717) is 22.5 Å². The number of benzene rings is 1. The number of hydrogen-bond donors (Lipinski definition) is 1. The summed E-state index contributed by atoms with van der Waals surface area (Å²) in [4.78, 5) is 26.0. The second kappa shape index (κ2) is 8.63. The first-order valence-electron chi connectivity index (χ1n) is 11.8. The minimum absolute atomic E-state index is 0.0956. The van der Waals surface area contributed by atoms with Crippen molar-refractivity contribution in [3.63, 3.8) is 0 Å². The normalized spacial score (nSPS) is 24.3. The van der Waals surface area contributed by atoms with Gasteiger partial charge < -0.3 is 23.8 Å². The zero-order valence-electron chi connectivity index (χ0n) is 20.9. The molecule has 10 heteroatoms. The van der Waals surface area contributed by atoms with Crippen molar-refractivity contribution in [2.24, 2.45) is 0 Å². The minimum Gasteiger partial charge on any atom is -0.411 e. The Bertz CT molecular complexity index is 1280. The molecule has 9 nitrogen and oxygen atoms in total. The van der Waals surface area contributed by atoms with E-state index in [2.05, 4.69) is 52.9 Å². The second-order valence-electron chi connectivity index (χ2n) is 10.4. The molecule has 4 atom stereocenters. The summed E-state index contributed by atoms with van der Waals surface area (Å²) in [7, 11) is -1.77. The van der Waals surface area contributed by atoms with Crippen molar-refractivity contribution in [2.45, 2.75) is 70.6 Å². The fraction of sp³-hybridized carbons (Fsp3) is 0.440. The number of imidazole rings is 1. The molecule has 0 unspecified atom stereocenters. The lowest BCUT2D eigenvalue weighted by Gasteiger charge is -2.27. The molecule has 5 rings (SSSR count). The van der Waals surface area contributed by atoms with Crippen LogP contribution in [0.15, 0.2) is 54.6 Å². The first-order chi connectivity index (χ1) is 16.5. The molecule has 0 spiro atoms. The topological polar surface area (TPSA) is 100 Å². The standard InChI is InChI=1S/C25H31N5O4Si/c1-15(34-35(4,5)6)17-12-18(21-20(17)32-25(2,3)33-21)30-14-28-19-22(26-13-27-23(19)30)29-24(31)16-10-8-7-9-11-16/h7-15,18,20-21H,1-6H3,(H,26,27,29,31)/t15-,18-,20-,21+/m1/s1. The number of rotatable bonds is 6. The first kappa shape index (κ1) is 23.8. The van der Waals surface area contributed by atoms with Crippen LogP contribution in [-0.2, 0) is 13.9 Å². The van der Waals surface area contributed by atoms with Crippen molar-refractivity contribution in [3.8, 4) is 0 Å². The number of fused-ring (bicyclic) bond motifs is 2. The summed E-state index contributed by atoms with van der Waals surface area (Å²) in [5.41, 5.74) is 2.73. The molecule has 1 fully saturated rings. The Morgan fingerprint density at radius 2 is 1.89 bits per heavy atom. The predicted molar refractivity (Wildman–Crippen MR) is 135 cm³/mol. The Hall–Kier alpha value is -2.92. The van der Waals surface area contributed by atoms with E-state index in [1.807, 2.05) is 36.6 Å². The van der Waals surface area contributed by atoms with E-state index in [1.165, 1.54) is 6.33 Å². The maximum absolute atomic E-state index is 12.7. The number of nitrogens with zero attached hydrogens (tertiary/aromatic N) is 4. The van der Waals surface area contributed by atoms with E-state index in [1.54, 1.807) is 18.5 Å². The van der Waals surface area contributed by atoms with E-state index in [-0.39, 0.29) is 30.3 Å². The van der Waals surface area contributed by atoms with Crippen LogP contribution in [0, 0.1) is 0 Å². The zero-order valence-corrected chi connectivity index (χ0v) is 21.9. The van der Waals surface area contributed by atoms with Crippen LogP contribution >= 0.6 is 0 Å². The highest BCUT2D eigenvalue weighted by Crippen LogP contribution is 2.45. The van der Waals surface area contributed by atoms with Gasteiger partial charge in [-0.25, -0.2) is 15.0 Å². The lowest BCUT2D eigenvalue weighted by atomic mass is 10.1. The molecule has 1 N–H and O–H groups in total. The van der Waals surface area contributed by atoms with Crippen LogP contribution < -0.4 is 5.32 Å². The number of ether oxygens (including phenoxy) is 2. The third kappa shape index (κ3) is 4.66. The first-order valence-corrected chi connectivity index (χ1v) is 15.2. The number of amides is 1. The SMILES string of the molecule is C[C@@H](O[Si](C)(C)C)C1=C[C@@H](n2cnc3c(NC(=O)c4ccccc4)ncnc32)[C@@H]2OC(C)(C)O[C@H]12. The number of nitrogens with one attached hydrogen (secondary N) is 1. The summed E-state index contributed by atoms with van der Waals surface area (Å²) in [6, 6.07) is 8.81. The summed E-state index contributed by atoms with van der Waals surface area (Å²) < 4.78 is 21.0. The average molecular weight is 494 g/mol. The Kier molecular flexibility index (Phi) is 5.87. The molecule has 35 heavy (non-hydrogen) atoms. The summed E-state index contributed by atoms with van der Waals surface area (Å²) in [5, 5.41) is 2.86. The molecule has 184 valence electrons. The Balaban J connectivity index is 1.49. The highest BCUT2D eigenvalue weighted by Gasteiger charge is 2.52. The summed E-state index contributed by atoms with van der Waals surface area (Å²) >= 11 is 0. The molecule has 1 aliphatic carbocycles. The van der Waals surface area contributed by atoms with Crippen LogP contribution in [0.5, 0.6) is 0 Å². The van der Waals surface area contributed by atoms with Crippen LogP contribution in [0.4, 0.5) is 5.82 Å². The quantitative estimate of drug-likeness (QED) is 0.403. The van der Waals surface area contributed by atoms with Crippen molar-refractivity contribution in [2.75, 3.05) is 5.32 Å². The molecule has 0 saturated carbocycles. The third-order valence-corrected chi connectivity index (χ3v) is 7.17. The smallest absolute Gasteiger partial charge is 0.256 e. The molecule has 0 bridgehead atoms. The lowest BCUT2D eigenvalue weighted by Crippen LogP contribution is -2.35. The Morgan fingerprint density at radius 1 is 1.14 bits per heavy atom. The molecule has 1 amide bonds. The highest BCUT2D eigenvalue weighted by molar-refractivity contribution is 6.69. The van der Waals surface area contributed by atoms with Gasteiger partial charge in [0.2, 0.25) is 0 Å². The maximum Gasteiger partial charge on any atom is 0.256 e. The van der Waals surface area contributed by atoms with Gasteiger partial charge in [0.1, 0.15) is 18.5 Å². The zero-order chi connectivity index (χ0) is 25.0. The largest absolute Gasteiger partial charge is 0.411 e. The number of carbonyl (C=O) groups excluding carboxylic acids is 1. The van der Waals surface area contributed by atoms with Crippen LogP contribution in [-0.4, -0.2) is 57.8 Å². The molecule has 0 radical (unpaired) electrons. The van der Waals surface area contributed by atoms with E-state index in [9.17, 15) is 4.79 Å². The van der Waals surface area contributed by atoms with Crippen molar-refractivity contribution >= 4 is 31.2 Å². The van der Waals surface area contributed by atoms with Gasteiger partial charge in [0, 0.05) is 5.56 Å². The van der Waals surface area contributed by atoms with Gasteiger partial charge in [-0.3, -0.25) is 4.79 Å². The minimum atomic E-state index is -1.77. The van der Waals surface area contributed by atoms with E-state index < -0.39 is 14.1 Å². The summed E-state index contributed by atoms with van der Waals surface area (Å²) in [6.07, 6.45) is 4.74. The average Bonchev–Trinajstić information content (AvgIpc) is 3.44. The number of aromatic nitrogens is 4. The van der Waals surface area contributed by atoms with Crippen LogP contribution in [0.3, 0.4) is 0 Å². The van der Waals surface area contributed by atoms with Crippen molar-refractivity contribution in [1.82, 2.24) is 19.5 Å². The van der Waals surface area contributed by atoms with Crippen molar-refractivity contribution in [1.29, 1.82) is 0 Å². The van der Waals surface area contributed by atoms with E-state index >= 15 is 0 Å². The fourth-order valence-electron chi connectivity index (χ4n) is 4.82. The maximum atomic E-state index is 12.7. The number of hydrogen-bond acceptors (Lipinski definition) is 7. The molecule has 3 heterocycles. The van der Waals surface area contributed by atoms with Crippen molar-refractivity contribution in [3.05, 3.63) is 60.2 Å². The molecule has 3 aromatic rings. The molecular weight excluding hydrogens is 462 g/mol. The van der Waals surface area contributed by atoms with Crippen LogP contribution in [0.2, 0.25) is 19.6 Å². The van der Waals surface area contributed by atoms with Gasteiger partial charge in [0.05, 0.1) is 18.5 Å². The Labute approximate surface area is 205 Å². The molecular formula is C25H31N5O4Si. The number of carbonyl (C=O) groups is 1. The summed E-state index contributed by atoms with van der Waals surface area (Å²) in [6.45, 7) is 12.5. The summed E-state index contributed by atoms with van der Waals surface area (Å²) in [5.74, 6) is -0.609. The second-order valence-corrected chi connectivity index (χ2v) is 14.9. The van der Waals surface area contributed by atoms with Gasteiger partial charge in [0.25, 0.3) is 5.91 Å². The third-order valence-electron chi connectivity index (χ3n) is 6.11. The molecule has 1 aromatic carbocycles. The lowest BCUT2D eigenvalue weighted by molar-refractivity contribution is -0.148. The van der Waals surface area contributed by atoms with Crippen LogP contribution in [0.25, 0.3) is 11.2 Å². The van der Waals surface area contributed by atoms with Gasteiger partial charge in [-0.1, -0.05) is 24.3 Å². The fourth-order valence-corrected chi connectivity index (χ4v) is 6.01. The highest BCUT2D eigenvalue weighted by atomic mass is 28.4. The number of anilines is 1. The van der Waals surface area contributed by atoms with Gasteiger partial charge in [0.15, 0.2) is 31.1 Å². The van der Waals surface area contributed by atoms with Gasteiger partial charge >= 0.3 is 0 Å². The van der Waals surface area contributed by atoms with Gasteiger partial charge in [-0.2, -0.15) is 0 Å².